The molecule has 0 saturated carbocycles. The van der Waals surface area contributed by atoms with Crippen LogP contribution in [-0.4, -0.2) is 61.0 Å². The highest BCUT2D eigenvalue weighted by molar-refractivity contribution is 6.30. The smallest absolute Gasteiger partial charge is 0.225 e. The Labute approximate surface area is 137 Å². The molecule has 2 rings (SSSR count). The average Bonchev–Trinajstić information content (AvgIpc) is 2.53. The van der Waals surface area contributed by atoms with E-state index in [1.807, 2.05) is 14.1 Å². The maximum atomic E-state index is 11.9. The molecule has 0 radical (unpaired) electrons. The number of hydrogen-bond donors (Lipinski definition) is 0. The van der Waals surface area contributed by atoms with Gasteiger partial charge in [-0.25, -0.2) is 4.98 Å². The zero-order chi connectivity index (χ0) is 15.9. The Balaban J connectivity index is 1.61. The Morgan fingerprint density at radius 1 is 1.41 bits per heavy atom. The molecule has 6 heteroatoms. The van der Waals surface area contributed by atoms with E-state index in [0.717, 1.165) is 38.9 Å². The predicted octanol–water partition coefficient (Wildman–Crippen LogP) is 2.30. The third-order valence-electron chi connectivity index (χ3n) is 3.95. The number of amides is 1. The fourth-order valence-electron chi connectivity index (χ4n) is 2.68. The number of carbonyl (C=O) groups is 1. The molecular formula is C16H24ClN3O2. The first-order valence-electron chi connectivity index (χ1n) is 7.74. The lowest BCUT2D eigenvalue weighted by Gasteiger charge is -2.32. The summed E-state index contributed by atoms with van der Waals surface area (Å²) in [6.07, 6.45) is 4.45. The third-order valence-corrected chi connectivity index (χ3v) is 4.17. The van der Waals surface area contributed by atoms with Gasteiger partial charge in [-0.2, -0.15) is 0 Å². The van der Waals surface area contributed by atoms with Gasteiger partial charge in [-0.05, 0) is 38.4 Å². The minimum absolute atomic E-state index is 0.195. The van der Waals surface area contributed by atoms with Crippen LogP contribution in [0.25, 0.3) is 0 Å². The molecule has 122 valence electrons. The lowest BCUT2D eigenvalue weighted by atomic mass is 9.95. The van der Waals surface area contributed by atoms with E-state index in [-0.39, 0.29) is 11.8 Å². The SMILES string of the molecule is CN(C)C(=O)C1CCN(CCCOc2ccc(Cl)cn2)CC1. The van der Waals surface area contributed by atoms with E-state index in [4.69, 9.17) is 16.3 Å². The Bertz CT molecular complexity index is 471. The third kappa shape index (κ3) is 5.14. The minimum atomic E-state index is 0.195. The number of halogens is 1. The Kier molecular flexibility index (Phi) is 6.46. The molecule has 2 heterocycles. The molecule has 1 aromatic heterocycles. The molecule has 0 bridgehead atoms. The lowest BCUT2D eigenvalue weighted by Crippen LogP contribution is -2.40. The molecule has 0 unspecified atom stereocenters. The highest BCUT2D eigenvalue weighted by atomic mass is 35.5. The van der Waals surface area contributed by atoms with Gasteiger partial charge in [-0.3, -0.25) is 4.79 Å². The summed E-state index contributed by atoms with van der Waals surface area (Å²) < 4.78 is 5.59. The molecule has 0 N–H and O–H groups in total. The quantitative estimate of drug-likeness (QED) is 0.753. The molecule has 0 aliphatic carbocycles. The molecule has 1 aliphatic heterocycles. The highest BCUT2D eigenvalue weighted by Crippen LogP contribution is 2.19. The summed E-state index contributed by atoms with van der Waals surface area (Å²) in [5, 5.41) is 0.613. The number of likely N-dealkylation sites (tertiary alicyclic amines) is 1. The second kappa shape index (κ2) is 8.34. The monoisotopic (exact) mass is 325 g/mol. The molecule has 1 fully saturated rings. The van der Waals surface area contributed by atoms with Crippen molar-refractivity contribution in [2.45, 2.75) is 19.3 Å². The number of nitrogens with zero attached hydrogens (tertiary/aromatic N) is 3. The van der Waals surface area contributed by atoms with Gasteiger partial charge < -0.3 is 14.5 Å². The van der Waals surface area contributed by atoms with E-state index in [2.05, 4.69) is 9.88 Å². The van der Waals surface area contributed by atoms with E-state index >= 15 is 0 Å². The second-order valence-corrected chi connectivity index (χ2v) is 6.30. The number of aromatic nitrogens is 1. The van der Waals surface area contributed by atoms with Crippen molar-refractivity contribution in [3.63, 3.8) is 0 Å². The van der Waals surface area contributed by atoms with E-state index < -0.39 is 0 Å². The van der Waals surface area contributed by atoms with Crippen molar-refractivity contribution in [3.05, 3.63) is 23.4 Å². The summed E-state index contributed by atoms with van der Waals surface area (Å²) in [7, 11) is 3.66. The zero-order valence-corrected chi connectivity index (χ0v) is 14.1. The van der Waals surface area contributed by atoms with E-state index in [9.17, 15) is 4.79 Å². The summed E-state index contributed by atoms with van der Waals surface area (Å²) in [6.45, 7) is 3.62. The van der Waals surface area contributed by atoms with Crippen LogP contribution in [0.2, 0.25) is 5.02 Å². The predicted molar refractivity (Wildman–Crippen MR) is 87.2 cm³/mol. The molecule has 1 saturated heterocycles. The summed E-state index contributed by atoms with van der Waals surface area (Å²) >= 11 is 5.78. The van der Waals surface area contributed by atoms with Crippen molar-refractivity contribution in [3.8, 4) is 5.88 Å². The van der Waals surface area contributed by atoms with Crippen LogP contribution in [0.4, 0.5) is 0 Å². The summed E-state index contributed by atoms with van der Waals surface area (Å²) in [5.74, 6) is 1.07. The van der Waals surface area contributed by atoms with Crippen LogP contribution in [0, 0.1) is 5.92 Å². The van der Waals surface area contributed by atoms with Crippen LogP contribution in [0.3, 0.4) is 0 Å². The van der Waals surface area contributed by atoms with E-state index in [1.54, 1.807) is 23.2 Å². The van der Waals surface area contributed by atoms with Crippen molar-refractivity contribution in [2.24, 2.45) is 5.92 Å². The van der Waals surface area contributed by atoms with Gasteiger partial charge in [0.05, 0.1) is 11.6 Å². The number of ether oxygens (including phenoxy) is 1. The minimum Gasteiger partial charge on any atom is -0.478 e. The van der Waals surface area contributed by atoms with Crippen molar-refractivity contribution >= 4 is 17.5 Å². The van der Waals surface area contributed by atoms with Crippen molar-refractivity contribution in [2.75, 3.05) is 40.3 Å². The Morgan fingerprint density at radius 2 is 2.14 bits per heavy atom. The van der Waals surface area contributed by atoms with Crippen LogP contribution in [0.15, 0.2) is 18.3 Å². The molecule has 0 aromatic carbocycles. The zero-order valence-electron chi connectivity index (χ0n) is 13.3. The number of carbonyl (C=O) groups excluding carboxylic acids is 1. The summed E-state index contributed by atoms with van der Waals surface area (Å²) in [6, 6.07) is 3.55. The highest BCUT2D eigenvalue weighted by Gasteiger charge is 2.25. The normalized spacial score (nSPS) is 16.5. The van der Waals surface area contributed by atoms with Crippen LogP contribution >= 0.6 is 11.6 Å². The topological polar surface area (TPSA) is 45.7 Å². The number of pyridine rings is 1. The summed E-state index contributed by atoms with van der Waals surface area (Å²) in [5.41, 5.74) is 0. The molecule has 0 spiro atoms. The average molecular weight is 326 g/mol. The van der Waals surface area contributed by atoms with Gasteiger partial charge in [0, 0.05) is 38.8 Å². The van der Waals surface area contributed by atoms with Gasteiger partial charge in [-0.1, -0.05) is 11.6 Å². The van der Waals surface area contributed by atoms with Gasteiger partial charge in [0.1, 0.15) is 0 Å². The van der Waals surface area contributed by atoms with Crippen molar-refractivity contribution < 1.29 is 9.53 Å². The number of hydrogen-bond acceptors (Lipinski definition) is 4. The molecule has 5 nitrogen and oxygen atoms in total. The van der Waals surface area contributed by atoms with Crippen LogP contribution in [0.1, 0.15) is 19.3 Å². The molecule has 1 aromatic rings. The lowest BCUT2D eigenvalue weighted by molar-refractivity contribution is -0.134. The van der Waals surface area contributed by atoms with Crippen molar-refractivity contribution in [1.29, 1.82) is 0 Å². The molecule has 22 heavy (non-hydrogen) atoms. The molecule has 1 aliphatic rings. The largest absolute Gasteiger partial charge is 0.478 e. The van der Waals surface area contributed by atoms with Gasteiger partial charge in [-0.15, -0.1) is 0 Å². The van der Waals surface area contributed by atoms with Gasteiger partial charge in [0.15, 0.2) is 0 Å². The van der Waals surface area contributed by atoms with E-state index in [0.29, 0.717) is 17.5 Å². The number of piperidine rings is 1. The van der Waals surface area contributed by atoms with E-state index in [1.165, 1.54) is 0 Å². The number of rotatable bonds is 6. The van der Waals surface area contributed by atoms with Crippen LogP contribution < -0.4 is 4.74 Å². The summed E-state index contributed by atoms with van der Waals surface area (Å²) in [4.78, 5) is 20.1. The Hall–Kier alpha value is -1.33. The van der Waals surface area contributed by atoms with Crippen LogP contribution in [-0.2, 0) is 4.79 Å². The Morgan fingerprint density at radius 3 is 2.73 bits per heavy atom. The molecular weight excluding hydrogens is 302 g/mol. The maximum absolute atomic E-state index is 11.9. The first-order chi connectivity index (χ1) is 10.6. The fraction of sp³-hybridized carbons (Fsp3) is 0.625. The van der Waals surface area contributed by atoms with Gasteiger partial charge >= 0.3 is 0 Å². The van der Waals surface area contributed by atoms with Gasteiger partial charge in [0.25, 0.3) is 0 Å². The standard InChI is InChI=1S/C16H24ClN3O2/c1-19(2)16(21)13-6-9-20(10-7-13)8-3-11-22-15-5-4-14(17)12-18-15/h4-5,12-13H,3,6-11H2,1-2H3. The first kappa shape index (κ1) is 17.0. The maximum Gasteiger partial charge on any atom is 0.225 e. The molecule has 0 atom stereocenters. The fourth-order valence-corrected chi connectivity index (χ4v) is 2.79. The van der Waals surface area contributed by atoms with Gasteiger partial charge in [0.2, 0.25) is 11.8 Å². The first-order valence-corrected chi connectivity index (χ1v) is 8.12. The second-order valence-electron chi connectivity index (χ2n) is 5.87. The van der Waals surface area contributed by atoms with Crippen LogP contribution in [0.5, 0.6) is 5.88 Å². The molecule has 1 amide bonds. The van der Waals surface area contributed by atoms with Crippen molar-refractivity contribution in [1.82, 2.24) is 14.8 Å².